The summed E-state index contributed by atoms with van der Waals surface area (Å²) < 4.78 is 12.6. The number of nitrogens with one attached hydrogen (secondary N) is 2. The first kappa shape index (κ1) is 17.1. The zero-order valence-corrected chi connectivity index (χ0v) is 14.8. The van der Waals surface area contributed by atoms with Gasteiger partial charge in [0.15, 0.2) is 11.5 Å². The van der Waals surface area contributed by atoms with Crippen LogP contribution in [0, 0.1) is 5.41 Å². The van der Waals surface area contributed by atoms with Crippen LogP contribution in [0.2, 0.25) is 0 Å². The quantitative estimate of drug-likeness (QED) is 0.874. The van der Waals surface area contributed by atoms with E-state index in [-0.39, 0.29) is 24.3 Å². The molecule has 0 bridgehead atoms. The van der Waals surface area contributed by atoms with Gasteiger partial charge in [0.2, 0.25) is 6.79 Å². The molecule has 7 heteroatoms. The minimum Gasteiger partial charge on any atom is -0.454 e. The molecule has 134 valence electrons. The van der Waals surface area contributed by atoms with Crippen molar-refractivity contribution in [3.05, 3.63) is 42.5 Å². The van der Waals surface area contributed by atoms with Gasteiger partial charge in [-0.05, 0) is 23.1 Å². The first-order chi connectivity index (χ1) is 11.9. The van der Waals surface area contributed by atoms with E-state index in [2.05, 4.69) is 36.4 Å². The number of rotatable bonds is 5. The van der Waals surface area contributed by atoms with E-state index in [0.29, 0.717) is 18.8 Å². The summed E-state index contributed by atoms with van der Waals surface area (Å²) in [6.45, 7) is 7.64. The largest absolute Gasteiger partial charge is 0.454 e. The van der Waals surface area contributed by atoms with Crippen molar-refractivity contribution in [2.45, 2.75) is 39.9 Å². The topological polar surface area (TPSA) is 77.4 Å². The zero-order valence-electron chi connectivity index (χ0n) is 14.8. The van der Waals surface area contributed by atoms with Crippen molar-refractivity contribution in [3.8, 4) is 11.5 Å². The van der Waals surface area contributed by atoms with Crippen molar-refractivity contribution in [3.63, 3.8) is 0 Å². The van der Waals surface area contributed by atoms with Crippen molar-refractivity contribution in [1.29, 1.82) is 0 Å². The highest BCUT2D eigenvalue weighted by Crippen LogP contribution is 2.32. The van der Waals surface area contributed by atoms with E-state index in [1.54, 1.807) is 12.5 Å². The summed E-state index contributed by atoms with van der Waals surface area (Å²) in [5, 5.41) is 5.96. The molecule has 1 aromatic heterocycles. The predicted octanol–water partition coefficient (Wildman–Crippen LogP) is 2.53. The molecule has 0 saturated carbocycles. The highest BCUT2D eigenvalue weighted by atomic mass is 16.7. The number of nitrogens with zero attached hydrogens (tertiary/aromatic N) is 2. The average Bonchev–Trinajstić information content (AvgIpc) is 3.22. The molecule has 0 aliphatic carbocycles. The van der Waals surface area contributed by atoms with Crippen molar-refractivity contribution >= 4 is 6.03 Å². The lowest BCUT2D eigenvalue weighted by atomic mass is 9.86. The third-order valence-electron chi connectivity index (χ3n) is 4.19. The Kier molecular flexibility index (Phi) is 4.83. The van der Waals surface area contributed by atoms with E-state index in [0.717, 1.165) is 11.3 Å². The minimum absolute atomic E-state index is 0.0292. The molecular weight excluding hydrogens is 320 g/mol. The van der Waals surface area contributed by atoms with E-state index < -0.39 is 0 Å². The van der Waals surface area contributed by atoms with Gasteiger partial charge < -0.3 is 24.7 Å². The van der Waals surface area contributed by atoms with Crippen LogP contribution in [0.5, 0.6) is 11.5 Å². The fourth-order valence-corrected chi connectivity index (χ4v) is 2.58. The summed E-state index contributed by atoms with van der Waals surface area (Å²) in [6.07, 6.45) is 5.38. The number of carbonyl (C=O) groups is 1. The van der Waals surface area contributed by atoms with E-state index >= 15 is 0 Å². The standard InChI is InChI=1S/C18H24N4O3/c1-18(2,3)16(10-22-7-6-19-11-22)21-17(23)20-9-13-4-5-14-15(8-13)25-12-24-14/h4-8,11,16H,9-10,12H2,1-3H3,(H2,20,21,23)/t16-/m0/s1. The Morgan fingerprint density at radius 3 is 2.84 bits per heavy atom. The molecule has 25 heavy (non-hydrogen) atoms. The Balaban J connectivity index is 1.56. The van der Waals surface area contributed by atoms with Gasteiger partial charge in [0, 0.05) is 25.5 Å². The summed E-state index contributed by atoms with van der Waals surface area (Å²) in [5.74, 6) is 1.45. The van der Waals surface area contributed by atoms with Gasteiger partial charge in [0.25, 0.3) is 0 Å². The normalized spacial score (nSPS) is 14.2. The van der Waals surface area contributed by atoms with E-state index in [4.69, 9.17) is 9.47 Å². The molecule has 2 amide bonds. The zero-order chi connectivity index (χ0) is 17.9. The SMILES string of the molecule is CC(C)(C)[C@H](Cn1ccnc1)NC(=O)NCc1ccc2c(c1)OCO2. The van der Waals surface area contributed by atoms with Crippen LogP contribution < -0.4 is 20.1 Å². The number of benzene rings is 1. The fraction of sp³-hybridized carbons (Fsp3) is 0.444. The summed E-state index contributed by atoms with van der Waals surface area (Å²) in [5.41, 5.74) is 0.877. The summed E-state index contributed by atoms with van der Waals surface area (Å²) >= 11 is 0. The van der Waals surface area contributed by atoms with Crippen LogP contribution in [0.3, 0.4) is 0 Å². The van der Waals surface area contributed by atoms with Gasteiger partial charge in [-0.15, -0.1) is 0 Å². The Labute approximate surface area is 147 Å². The molecule has 0 saturated heterocycles. The molecule has 0 spiro atoms. The van der Waals surface area contributed by atoms with Gasteiger partial charge in [-0.1, -0.05) is 26.8 Å². The number of ether oxygens (including phenoxy) is 2. The lowest BCUT2D eigenvalue weighted by Crippen LogP contribution is -2.49. The van der Waals surface area contributed by atoms with Crippen LogP contribution in [-0.2, 0) is 13.1 Å². The van der Waals surface area contributed by atoms with Crippen LogP contribution in [0.15, 0.2) is 36.9 Å². The summed E-state index contributed by atoms with van der Waals surface area (Å²) in [6, 6.07) is 5.43. The molecule has 3 rings (SSSR count). The number of aromatic nitrogens is 2. The Hall–Kier alpha value is -2.70. The van der Waals surface area contributed by atoms with E-state index in [9.17, 15) is 4.79 Å². The average molecular weight is 344 g/mol. The van der Waals surface area contributed by atoms with Gasteiger partial charge in [-0.25, -0.2) is 9.78 Å². The first-order valence-corrected chi connectivity index (χ1v) is 8.30. The summed E-state index contributed by atoms with van der Waals surface area (Å²) in [7, 11) is 0. The molecule has 0 unspecified atom stereocenters. The third-order valence-corrected chi connectivity index (χ3v) is 4.19. The molecule has 0 fully saturated rings. The number of hydrogen-bond donors (Lipinski definition) is 2. The molecule has 2 heterocycles. The Morgan fingerprint density at radius 1 is 1.32 bits per heavy atom. The molecular formula is C18H24N4O3. The van der Waals surface area contributed by atoms with Gasteiger partial charge in [0.1, 0.15) is 0 Å². The number of hydrogen-bond acceptors (Lipinski definition) is 4. The van der Waals surface area contributed by atoms with Gasteiger partial charge >= 0.3 is 6.03 Å². The first-order valence-electron chi connectivity index (χ1n) is 8.30. The maximum absolute atomic E-state index is 12.3. The van der Waals surface area contributed by atoms with Crippen molar-refractivity contribution < 1.29 is 14.3 Å². The van der Waals surface area contributed by atoms with E-state index in [1.165, 1.54) is 0 Å². The van der Waals surface area contributed by atoms with Crippen molar-refractivity contribution in [2.75, 3.05) is 6.79 Å². The molecule has 7 nitrogen and oxygen atoms in total. The highest BCUT2D eigenvalue weighted by molar-refractivity contribution is 5.74. The van der Waals surface area contributed by atoms with Gasteiger partial charge in [-0.2, -0.15) is 0 Å². The van der Waals surface area contributed by atoms with Crippen LogP contribution in [-0.4, -0.2) is 28.4 Å². The molecule has 1 aliphatic rings. The number of imidazole rings is 1. The maximum Gasteiger partial charge on any atom is 0.315 e. The number of amides is 2. The van der Waals surface area contributed by atoms with Crippen LogP contribution in [0.1, 0.15) is 26.3 Å². The number of fused-ring (bicyclic) bond motifs is 1. The Bertz CT molecular complexity index is 722. The lowest BCUT2D eigenvalue weighted by molar-refractivity contribution is 0.174. The smallest absolute Gasteiger partial charge is 0.315 e. The van der Waals surface area contributed by atoms with Gasteiger partial charge in [0.05, 0.1) is 12.4 Å². The maximum atomic E-state index is 12.3. The molecule has 0 radical (unpaired) electrons. The molecule has 1 aromatic carbocycles. The number of carbonyl (C=O) groups excluding carboxylic acids is 1. The van der Waals surface area contributed by atoms with Crippen LogP contribution >= 0.6 is 0 Å². The van der Waals surface area contributed by atoms with Gasteiger partial charge in [-0.3, -0.25) is 0 Å². The predicted molar refractivity (Wildman–Crippen MR) is 93.4 cm³/mol. The summed E-state index contributed by atoms with van der Waals surface area (Å²) in [4.78, 5) is 16.4. The molecule has 2 N–H and O–H groups in total. The van der Waals surface area contributed by atoms with Crippen LogP contribution in [0.4, 0.5) is 4.79 Å². The second-order valence-electron chi connectivity index (χ2n) is 7.19. The third kappa shape index (κ3) is 4.43. The Morgan fingerprint density at radius 2 is 2.12 bits per heavy atom. The van der Waals surface area contributed by atoms with E-state index in [1.807, 2.05) is 29.0 Å². The molecule has 1 atom stereocenters. The highest BCUT2D eigenvalue weighted by Gasteiger charge is 2.26. The van der Waals surface area contributed by atoms with Crippen molar-refractivity contribution in [1.82, 2.24) is 20.2 Å². The molecule has 1 aliphatic heterocycles. The second-order valence-corrected chi connectivity index (χ2v) is 7.19. The monoisotopic (exact) mass is 344 g/mol. The van der Waals surface area contributed by atoms with Crippen LogP contribution in [0.25, 0.3) is 0 Å². The van der Waals surface area contributed by atoms with Crippen molar-refractivity contribution in [2.24, 2.45) is 5.41 Å². The fourth-order valence-electron chi connectivity index (χ4n) is 2.58. The minimum atomic E-state index is -0.197. The second kappa shape index (κ2) is 7.04. The lowest BCUT2D eigenvalue weighted by Gasteiger charge is -2.31. The molecule has 2 aromatic rings. The number of urea groups is 1.